The molecule has 0 radical (unpaired) electrons. The first-order valence-electron chi connectivity index (χ1n) is 7.00. The molecule has 0 aliphatic rings. The van der Waals surface area contributed by atoms with Gasteiger partial charge in [-0.3, -0.25) is 4.79 Å². The van der Waals surface area contributed by atoms with E-state index in [0.29, 0.717) is 5.75 Å². The molecule has 0 aliphatic heterocycles. The zero-order chi connectivity index (χ0) is 18.6. The Morgan fingerprint density at radius 1 is 0.880 bits per heavy atom. The summed E-state index contributed by atoms with van der Waals surface area (Å²) in [5.41, 5.74) is -0.283. The second-order valence-electron chi connectivity index (χ2n) is 4.93. The lowest BCUT2D eigenvalue weighted by molar-refractivity contribution is 0.0696. The van der Waals surface area contributed by atoms with Gasteiger partial charge in [0.2, 0.25) is 0 Å². The van der Waals surface area contributed by atoms with Crippen molar-refractivity contribution in [3.8, 4) is 11.5 Å². The Morgan fingerprint density at radius 2 is 1.48 bits per heavy atom. The van der Waals surface area contributed by atoms with Gasteiger partial charge in [-0.15, -0.1) is 0 Å². The zero-order valence-corrected chi connectivity index (χ0v) is 13.4. The van der Waals surface area contributed by atoms with E-state index in [-0.39, 0.29) is 28.1 Å². The van der Waals surface area contributed by atoms with Crippen molar-refractivity contribution < 1.29 is 34.1 Å². The van der Waals surface area contributed by atoms with Crippen molar-refractivity contribution in [3.63, 3.8) is 0 Å². The van der Waals surface area contributed by atoms with Gasteiger partial charge in [0.25, 0.3) is 5.91 Å². The summed E-state index contributed by atoms with van der Waals surface area (Å²) >= 11 is 0. The minimum atomic E-state index is -1.30. The molecule has 8 heteroatoms. The number of nitrogens with one attached hydrogen (secondary N) is 1. The SMILES string of the molecule is COc1ccc(C(=O)Nc2cc(C(=O)O)cc(C(=O)O)c2)c(OC)c1. The first-order valence-corrected chi connectivity index (χ1v) is 7.00. The van der Waals surface area contributed by atoms with Crippen LogP contribution in [0.3, 0.4) is 0 Å². The molecule has 25 heavy (non-hydrogen) atoms. The fourth-order valence-electron chi connectivity index (χ4n) is 2.13. The monoisotopic (exact) mass is 345 g/mol. The number of amides is 1. The predicted molar refractivity (Wildman–Crippen MR) is 87.9 cm³/mol. The van der Waals surface area contributed by atoms with Crippen LogP contribution in [0.15, 0.2) is 36.4 Å². The molecule has 0 saturated carbocycles. The van der Waals surface area contributed by atoms with Crippen LogP contribution in [0.2, 0.25) is 0 Å². The molecule has 2 rings (SSSR count). The molecule has 0 spiro atoms. The summed E-state index contributed by atoms with van der Waals surface area (Å²) in [6.45, 7) is 0. The second kappa shape index (κ2) is 7.35. The van der Waals surface area contributed by atoms with Crippen molar-refractivity contribution in [3.05, 3.63) is 53.1 Å². The maximum Gasteiger partial charge on any atom is 0.335 e. The number of benzene rings is 2. The van der Waals surface area contributed by atoms with E-state index in [0.717, 1.165) is 6.07 Å². The molecular formula is C17H15NO7. The van der Waals surface area contributed by atoms with E-state index in [9.17, 15) is 14.4 Å². The van der Waals surface area contributed by atoms with Crippen LogP contribution in [0.5, 0.6) is 11.5 Å². The molecule has 0 saturated heterocycles. The number of anilines is 1. The number of hydrogen-bond acceptors (Lipinski definition) is 5. The third-order valence-electron chi connectivity index (χ3n) is 3.34. The van der Waals surface area contributed by atoms with Gasteiger partial charge in [0.1, 0.15) is 11.5 Å². The van der Waals surface area contributed by atoms with Crippen molar-refractivity contribution in [1.29, 1.82) is 0 Å². The third kappa shape index (κ3) is 4.05. The summed E-state index contributed by atoms with van der Waals surface area (Å²) in [4.78, 5) is 34.7. The summed E-state index contributed by atoms with van der Waals surface area (Å²) in [6, 6.07) is 7.91. The number of aromatic carboxylic acids is 2. The van der Waals surface area contributed by atoms with Crippen LogP contribution in [0.1, 0.15) is 31.1 Å². The highest BCUT2D eigenvalue weighted by molar-refractivity contribution is 6.07. The number of carboxylic acids is 2. The van der Waals surface area contributed by atoms with Crippen LogP contribution >= 0.6 is 0 Å². The van der Waals surface area contributed by atoms with E-state index in [1.807, 2.05) is 0 Å². The molecule has 1 amide bonds. The Morgan fingerprint density at radius 3 is 1.96 bits per heavy atom. The molecule has 0 fully saturated rings. The third-order valence-corrected chi connectivity index (χ3v) is 3.34. The number of ether oxygens (including phenoxy) is 2. The van der Waals surface area contributed by atoms with Crippen molar-refractivity contribution >= 4 is 23.5 Å². The molecule has 0 bridgehead atoms. The van der Waals surface area contributed by atoms with Gasteiger partial charge in [0, 0.05) is 11.8 Å². The van der Waals surface area contributed by atoms with Gasteiger partial charge in [-0.2, -0.15) is 0 Å². The quantitative estimate of drug-likeness (QED) is 0.734. The van der Waals surface area contributed by atoms with Crippen molar-refractivity contribution in [2.45, 2.75) is 0 Å². The van der Waals surface area contributed by atoms with Gasteiger partial charge in [-0.05, 0) is 30.3 Å². The molecule has 8 nitrogen and oxygen atoms in total. The normalized spacial score (nSPS) is 10.0. The lowest BCUT2D eigenvalue weighted by Gasteiger charge is -2.11. The maximum absolute atomic E-state index is 12.4. The molecule has 0 heterocycles. The lowest BCUT2D eigenvalue weighted by atomic mass is 10.1. The Bertz CT molecular complexity index is 813. The molecule has 2 aromatic rings. The minimum absolute atomic E-state index is 0.0418. The number of methoxy groups -OCH3 is 2. The van der Waals surface area contributed by atoms with Crippen molar-refractivity contribution in [2.75, 3.05) is 19.5 Å². The van der Waals surface area contributed by atoms with Crippen molar-refractivity contribution in [2.24, 2.45) is 0 Å². The lowest BCUT2D eigenvalue weighted by Crippen LogP contribution is -2.14. The first kappa shape index (κ1) is 17.8. The van der Waals surface area contributed by atoms with Gasteiger partial charge in [0.15, 0.2) is 0 Å². The molecule has 0 aromatic heterocycles. The Labute approximate surface area is 142 Å². The van der Waals surface area contributed by atoms with E-state index in [2.05, 4.69) is 5.32 Å². The maximum atomic E-state index is 12.4. The predicted octanol–water partition coefficient (Wildman–Crippen LogP) is 2.35. The standard InChI is InChI=1S/C17H15NO7/c1-24-12-3-4-13(14(8-12)25-2)15(19)18-11-6-9(16(20)21)5-10(7-11)17(22)23/h3-8H,1-2H3,(H,18,19)(H,20,21)(H,22,23). The van der Waals surface area contributed by atoms with Gasteiger partial charge < -0.3 is 25.0 Å². The minimum Gasteiger partial charge on any atom is -0.497 e. The van der Waals surface area contributed by atoms with E-state index in [1.54, 1.807) is 6.07 Å². The van der Waals surface area contributed by atoms with Gasteiger partial charge in [0.05, 0.1) is 30.9 Å². The van der Waals surface area contributed by atoms with E-state index >= 15 is 0 Å². The second-order valence-corrected chi connectivity index (χ2v) is 4.93. The Hall–Kier alpha value is -3.55. The number of hydrogen-bond donors (Lipinski definition) is 3. The first-order chi connectivity index (χ1) is 11.8. The Kier molecular flexibility index (Phi) is 5.23. The molecule has 0 aliphatic carbocycles. The highest BCUT2D eigenvalue weighted by Crippen LogP contribution is 2.26. The highest BCUT2D eigenvalue weighted by atomic mass is 16.5. The molecule has 0 unspecified atom stereocenters. The average molecular weight is 345 g/mol. The fourth-order valence-corrected chi connectivity index (χ4v) is 2.13. The smallest absolute Gasteiger partial charge is 0.335 e. The van der Waals surface area contributed by atoms with Crippen LogP contribution in [-0.4, -0.2) is 42.3 Å². The summed E-state index contributed by atoms with van der Waals surface area (Å²) in [6.07, 6.45) is 0. The van der Waals surface area contributed by atoms with Gasteiger partial charge >= 0.3 is 11.9 Å². The summed E-state index contributed by atoms with van der Waals surface area (Å²) in [7, 11) is 2.86. The Balaban J connectivity index is 2.37. The fraction of sp³-hybridized carbons (Fsp3) is 0.118. The van der Waals surface area contributed by atoms with Crippen LogP contribution in [0, 0.1) is 0 Å². The summed E-state index contributed by atoms with van der Waals surface area (Å²) in [5.74, 6) is -2.45. The van der Waals surface area contributed by atoms with Crippen molar-refractivity contribution in [1.82, 2.24) is 0 Å². The van der Waals surface area contributed by atoms with Gasteiger partial charge in [-0.1, -0.05) is 0 Å². The van der Waals surface area contributed by atoms with E-state index < -0.39 is 17.8 Å². The summed E-state index contributed by atoms with van der Waals surface area (Å²) < 4.78 is 10.2. The topological polar surface area (TPSA) is 122 Å². The van der Waals surface area contributed by atoms with E-state index in [1.165, 1.54) is 38.5 Å². The van der Waals surface area contributed by atoms with Crippen LogP contribution < -0.4 is 14.8 Å². The average Bonchev–Trinajstić information content (AvgIpc) is 2.60. The molecule has 0 atom stereocenters. The number of carbonyl (C=O) groups is 3. The molecular weight excluding hydrogens is 330 g/mol. The number of rotatable bonds is 6. The largest absolute Gasteiger partial charge is 0.497 e. The molecule has 3 N–H and O–H groups in total. The summed E-state index contributed by atoms with van der Waals surface area (Å²) in [5, 5.41) is 20.6. The van der Waals surface area contributed by atoms with Crippen LogP contribution in [0.25, 0.3) is 0 Å². The highest BCUT2D eigenvalue weighted by Gasteiger charge is 2.16. The van der Waals surface area contributed by atoms with Crippen LogP contribution in [0.4, 0.5) is 5.69 Å². The molecule has 130 valence electrons. The number of carboxylic acid groups (broad SMARTS) is 2. The van der Waals surface area contributed by atoms with Gasteiger partial charge in [-0.25, -0.2) is 9.59 Å². The number of carbonyl (C=O) groups excluding carboxylic acids is 1. The molecule has 2 aromatic carbocycles. The van der Waals surface area contributed by atoms with E-state index in [4.69, 9.17) is 19.7 Å². The van der Waals surface area contributed by atoms with Crippen LogP contribution in [-0.2, 0) is 0 Å². The zero-order valence-electron chi connectivity index (χ0n) is 13.4.